The molecule has 11 heteroatoms. The van der Waals surface area contributed by atoms with E-state index in [1.165, 1.54) is 36.3 Å². The van der Waals surface area contributed by atoms with Crippen molar-refractivity contribution >= 4 is 29.2 Å². The standard InChI is InChI=1S/C38H37N3O8/c1-4-25-13-9-14-26(5-2)33(25)40-35(42)30-31(36(40)43)38(37(44)45,21-23-17-19-27(20-18-23)41(46)47)39-32(30)28-15-10-16-29(48-3)34(28)49-22-24-11-7-6-8-12-24/h6-20,30-32,39H,4-5,21-22H2,1-3H3,(H,44,45). The Morgan fingerprint density at radius 1 is 0.898 bits per heavy atom. The van der Waals surface area contributed by atoms with Gasteiger partial charge in [-0.05, 0) is 41.2 Å². The van der Waals surface area contributed by atoms with Gasteiger partial charge < -0.3 is 14.6 Å². The fourth-order valence-corrected chi connectivity index (χ4v) is 7.31. The van der Waals surface area contributed by atoms with Gasteiger partial charge in [0.05, 0.1) is 29.6 Å². The molecule has 2 saturated heterocycles. The minimum Gasteiger partial charge on any atom is -0.493 e. The van der Waals surface area contributed by atoms with Crippen molar-refractivity contribution in [3.05, 3.63) is 129 Å². The van der Waals surface area contributed by atoms with Crippen LogP contribution in [0.15, 0.2) is 91.0 Å². The molecule has 252 valence electrons. The molecular weight excluding hydrogens is 626 g/mol. The molecule has 2 aliphatic rings. The van der Waals surface area contributed by atoms with Crippen LogP contribution in [-0.2, 0) is 40.3 Å². The van der Waals surface area contributed by atoms with E-state index in [9.17, 15) is 29.6 Å². The van der Waals surface area contributed by atoms with Gasteiger partial charge in [-0.3, -0.25) is 29.8 Å². The minimum absolute atomic E-state index is 0.151. The molecule has 0 radical (unpaired) electrons. The highest BCUT2D eigenvalue weighted by molar-refractivity contribution is 6.25. The maximum Gasteiger partial charge on any atom is 0.325 e. The largest absolute Gasteiger partial charge is 0.493 e. The maximum absolute atomic E-state index is 14.8. The zero-order chi connectivity index (χ0) is 34.9. The van der Waals surface area contributed by atoms with E-state index in [-0.39, 0.29) is 18.7 Å². The number of methoxy groups -OCH3 is 1. The number of anilines is 1. The predicted molar refractivity (Wildman–Crippen MR) is 181 cm³/mol. The Hall–Kier alpha value is -5.55. The number of para-hydroxylation sites is 2. The zero-order valence-corrected chi connectivity index (χ0v) is 27.4. The first kappa shape index (κ1) is 33.4. The summed E-state index contributed by atoms with van der Waals surface area (Å²) in [4.78, 5) is 55.1. The maximum atomic E-state index is 14.8. The average molecular weight is 664 g/mol. The summed E-state index contributed by atoms with van der Waals surface area (Å²) in [6.07, 6.45) is 0.889. The summed E-state index contributed by atoms with van der Waals surface area (Å²) in [6.45, 7) is 4.05. The van der Waals surface area contributed by atoms with Gasteiger partial charge in [0, 0.05) is 30.2 Å². The van der Waals surface area contributed by atoms with E-state index in [4.69, 9.17) is 9.47 Å². The van der Waals surface area contributed by atoms with Gasteiger partial charge in [0.1, 0.15) is 12.1 Å². The third kappa shape index (κ3) is 5.80. The number of aliphatic carboxylic acids is 1. The lowest BCUT2D eigenvalue weighted by Gasteiger charge is -2.32. The molecule has 4 unspecified atom stereocenters. The van der Waals surface area contributed by atoms with Gasteiger partial charge in [0.25, 0.3) is 5.69 Å². The van der Waals surface area contributed by atoms with Crippen molar-refractivity contribution in [1.82, 2.24) is 5.32 Å². The van der Waals surface area contributed by atoms with E-state index in [0.29, 0.717) is 41.2 Å². The fraction of sp³-hybridized carbons (Fsp3) is 0.289. The van der Waals surface area contributed by atoms with Crippen LogP contribution in [-0.4, -0.2) is 40.5 Å². The molecule has 2 fully saturated rings. The Labute approximate surface area is 283 Å². The van der Waals surface area contributed by atoms with Crippen LogP contribution >= 0.6 is 0 Å². The van der Waals surface area contributed by atoms with Crippen molar-refractivity contribution in [2.45, 2.75) is 51.3 Å². The molecule has 0 aliphatic carbocycles. The Bertz CT molecular complexity index is 1890. The smallest absolute Gasteiger partial charge is 0.325 e. The normalized spacial score (nSPS) is 21.4. The highest BCUT2D eigenvalue weighted by Crippen LogP contribution is 2.54. The van der Waals surface area contributed by atoms with E-state index in [1.54, 1.807) is 18.2 Å². The van der Waals surface area contributed by atoms with Gasteiger partial charge >= 0.3 is 5.97 Å². The topological polar surface area (TPSA) is 148 Å². The highest BCUT2D eigenvalue weighted by Gasteiger charge is 2.69. The van der Waals surface area contributed by atoms with Crippen molar-refractivity contribution in [1.29, 1.82) is 0 Å². The lowest BCUT2D eigenvalue weighted by Crippen LogP contribution is -2.57. The minimum atomic E-state index is -1.96. The number of benzene rings is 4. The van der Waals surface area contributed by atoms with E-state index >= 15 is 0 Å². The number of fused-ring (bicyclic) bond motifs is 1. The summed E-state index contributed by atoms with van der Waals surface area (Å²) in [5, 5.41) is 25.7. The number of hydrogen-bond donors (Lipinski definition) is 2. The van der Waals surface area contributed by atoms with Crippen molar-refractivity contribution in [2.75, 3.05) is 12.0 Å². The molecule has 4 aromatic rings. The molecule has 4 aromatic carbocycles. The van der Waals surface area contributed by atoms with Crippen molar-refractivity contribution in [2.24, 2.45) is 11.8 Å². The molecule has 6 rings (SSSR count). The lowest BCUT2D eigenvalue weighted by atomic mass is 9.76. The second-order valence-corrected chi connectivity index (χ2v) is 12.3. The van der Waals surface area contributed by atoms with Crippen LogP contribution in [0.3, 0.4) is 0 Å². The quantitative estimate of drug-likeness (QED) is 0.109. The Morgan fingerprint density at radius 3 is 2.14 bits per heavy atom. The summed E-state index contributed by atoms with van der Waals surface area (Å²) in [7, 11) is 1.50. The van der Waals surface area contributed by atoms with Gasteiger partial charge in [0.15, 0.2) is 11.5 Å². The van der Waals surface area contributed by atoms with Gasteiger partial charge in [-0.1, -0.05) is 86.6 Å². The Morgan fingerprint density at radius 2 is 1.55 bits per heavy atom. The number of nitrogens with one attached hydrogen (secondary N) is 1. The highest BCUT2D eigenvalue weighted by atomic mass is 16.6. The molecule has 0 bridgehead atoms. The van der Waals surface area contributed by atoms with E-state index in [2.05, 4.69) is 5.32 Å². The van der Waals surface area contributed by atoms with Gasteiger partial charge in [-0.25, -0.2) is 4.90 Å². The molecule has 4 atom stereocenters. The number of ether oxygens (including phenoxy) is 2. The van der Waals surface area contributed by atoms with E-state index in [0.717, 1.165) is 16.7 Å². The first-order chi connectivity index (χ1) is 23.6. The molecule has 2 aliphatic heterocycles. The first-order valence-corrected chi connectivity index (χ1v) is 16.2. The van der Waals surface area contributed by atoms with E-state index < -0.39 is 46.1 Å². The number of rotatable bonds is 12. The number of carbonyl (C=O) groups is 3. The second-order valence-electron chi connectivity index (χ2n) is 12.3. The number of nitrogens with zero attached hydrogens (tertiary/aromatic N) is 2. The predicted octanol–water partition coefficient (Wildman–Crippen LogP) is 5.82. The van der Waals surface area contributed by atoms with Gasteiger partial charge in [-0.15, -0.1) is 0 Å². The molecule has 0 saturated carbocycles. The summed E-state index contributed by atoms with van der Waals surface area (Å²) in [5.41, 5.74) is 1.80. The number of nitro groups is 1. The van der Waals surface area contributed by atoms with Crippen molar-refractivity contribution < 1.29 is 33.9 Å². The molecule has 2 N–H and O–H groups in total. The first-order valence-electron chi connectivity index (χ1n) is 16.2. The van der Waals surface area contributed by atoms with Crippen LogP contribution in [0.1, 0.15) is 47.7 Å². The third-order valence-electron chi connectivity index (χ3n) is 9.64. The van der Waals surface area contributed by atoms with Crippen LogP contribution in [0, 0.1) is 22.0 Å². The lowest BCUT2D eigenvalue weighted by molar-refractivity contribution is -0.384. The number of imide groups is 1. The number of hydrogen-bond acceptors (Lipinski definition) is 8. The number of carboxylic acid groups (broad SMARTS) is 1. The van der Waals surface area contributed by atoms with Crippen LogP contribution in [0.4, 0.5) is 11.4 Å². The summed E-state index contributed by atoms with van der Waals surface area (Å²) in [5.74, 6) is -4.17. The number of amides is 2. The fourth-order valence-electron chi connectivity index (χ4n) is 7.31. The molecule has 0 aromatic heterocycles. The molecule has 2 heterocycles. The second kappa shape index (κ2) is 13.5. The number of non-ortho nitro benzene ring substituents is 1. The van der Waals surface area contributed by atoms with Crippen LogP contribution < -0.4 is 19.7 Å². The molecular formula is C38H37N3O8. The monoisotopic (exact) mass is 663 g/mol. The average Bonchev–Trinajstić information content (AvgIpc) is 3.59. The number of nitro benzene ring substituents is 1. The molecule has 2 amide bonds. The zero-order valence-electron chi connectivity index (χ0n) is 27.4. The Kier molecular flexibility index (Phi) is 9.20. The third-order valence-corrected chi connectivity index (χ3v) is 9.64. The van der Waals surface area contributed by atoms with Gasteiger partial charge in [0.2, 0.25) is 11.8 Å². The van der Waals surface area contributed by atoms with Crippen molar-refractivity contribution in [3.63, 3.8) is 0 Å². The van der Waals surface area contributed by atoms with Crippen LogP contribution in [0.25, 0.3) is 0 Å². The summed E-state index contributed by atoms with van der Waals surface area (Å²) >= 11 is 0. The van der Waals surface area contributed by atoms with Crippen molar-refractivity contribution in [3.8, 4) is 11.5 Å². The Balaban J connectivity index is 1.52. The van der Waals surface area contributed by atoms with Crippen LogP contribution in [0.5, 0.6) is 11.5 Å². The number of carboxylic acids is 1. The SMILES string of the molecule is CCc1cccc(CC)c1N1C(=O)C2C(c3cccc(OC)c3OCc3ccccc3)NC(Cc3ccc([N+](=O)[O-])cc3)(C(=O)O)C2C1=O. The molecule has 49 heavy (non-hydrogen) atoms. The van der Waals surface area contributed by atoms with E-state index in [1.807, 2.05) is 62.4 Å². The van der Waals surface area contributed by atoms with Gasteiger partial charge in [-0.2, -0.15) is 0 Å². The number of carbonyl (C=O) groups excluding carboxylic acids is 2. The summed E-state index contributed by atoms with van der Waals surface area (Å²) in [6, 6.07) is 24.9. The molecule has 0 spiro atoms. The number of aryl methyl sites for hydroxylation is 2. The van der Waals surface area contributed by atoms with Crippen LogP contribution in [0.2, 0.25) is 0 Å². The molecule has 11 nitrogen and oxygen atoms in total. The summed E-state index contributed by atoms with van der Waals surface area (Å²) < 4.78 is 12.0.